The van der Waals surface area contributed by atoms with Gasteiger partial charge in [-0.3, -0.25) is 4.98 Å². The molecule has 90 valence electrons. The van der Waals surface area contributed by atoms with E-state index in [0.717, 1.165) is 33.6 Å². The Hall–Kier alpha value is -0.780. The van der Waals surface area contributed by atoms with Crippen LogP contribution in [0.1, 0.15) is 16.3 Å². The molecule has 2 rings (SSSR count). The maximum absolute atomic E-state index is 6.12. The van der Waals surface area contributed by atoms with Gasteiger partial charge in [-0.25, -0.2) is 4.98 Å². The van der Waals surface area contributed by atoms with Crippen molar-refractivity contribution in [1.82, 2.24) is 9.97 Å². The Balaban J connectivity index is 1.95. The minimum Gasteiger partial charge on any atom is -0.327 e. The lowest BCUT2D eigenvalue weighted by atomic mass is 10.1. The van der Waals surface area contributed by atoms with Crippen molar-refractivity contribution in [2.24, 2.45) is 5.73 Å². The normalized spacial score (nSPS) is 12.6. The van der Waals surface area contributed by atoms with Gasteiger partial charge in [-0.2, -0.15) is 0 Å². The van der Waals surface area contributed by atoms with Crippen LogP contribution in [-0.2, 0) is 12.8 Å². The first-order chi connectivity index (χ1) is 8.13. The lowest BCUT2D eigenvalue weighted by Crippen LogP contribution is -2.25. The van der Waals surface area contributed by atoms with Gasteiger partial charge in [0.25, 0.3) is 0 Å². The van der Waals surface area contributed by atoms with E-state index in [1.54, 1.807) is 17.5 Å². The maximum Gasteiger partial charge on any atom is 0.0943 e. The van der Waals surface area contributed by atoms with Gasteiger partial charge < -0.3 is 5.73 Å². The molecule has 2 aromatic rings. The van der Waals surface area contributed by atoms with Gasteiger partial charge in [0.15, 0.2) is 0 Å². The fraction of sp³-hybridized carbons (Fsp3) is 0.333. The minimum absolute atomic E-state index is 0.0941. The summed E-state index contributed by atoms with van der Waals surface area (Å²) in [6.07, 6.45) is 5.28. The van der Waals surface area contributed by atoms with Crippen LogP contribution in [0.3, 0.4) is 0 Å². The number of hydrogen-bond acceptors (Lipinski definition) is 4. The molecular weight excluding hydrogens is 298 g/mol. The molecular formula is C12H14BrN3S. The average molecular weight is 312 g/mol. The van der Waals surface area contributed by atoms with Crippen molar-refractivity contribution >= 4 is 27.3 Å². The number of nitrogens with two attached hydrogens (primary N) is 1. The van der Waals surface area contributed by atoms with Crippen LogP contribution in [0.2, 0.25) is 0 Å². The summed E-state index contributed by atoms with van der Waals surface area (Å²) < 4.78 is 0.993. The molecule has 17 heavy (non-hydrogen) atoms. The molecule has 2 N–H and O–H groups in total. The highest BCUT2D eigenvalue weighted by molar-refractivity contribution is 9.10. The number of thiazole rings is 1. The molecule has 0 aromatic carbocycles. The Morgan fingerprint density at radius 1 is 1.41 bits per heavy atom. The molecule has 0 bridgehead atoms. The minimum atomic E-state index is 0.0941. The van der Waals surface area contributed by atoms with Crippen molar-refractivity contribution < 1.29 is 0 Å². The Bertz CT molecular complexity index is 498. The molecule has 1 atom stereocenters. The highest BCUT2D eigenvalue weighted by Gasteiger charge is 2.08. The highest BCUT2D eigenvalue weighted by Crippen LogP contribution is 2.14. The standard InChI is InChI=1S/C12H14BrN3S/c1-8-7-17-12(16-8)4-11(14)3-9-2-10(13)6-15-5-9/h2,5-7,11H,3-4,14H2,1H3. The maximum atomic E-state index is 6.12. The Labute approximate surface area is 113 Å². The van der Waals surface area contributed by atoms with Crippen LogP contribution in [-0.4, -0.2) is 16.0 Å². The number of hydrogen-bond donors (Lipinski definition) is 1. The van der Waals surface area contributed by atoms with Gasteiger partial charge in [-0.15, -0.1) is 11.3 Å². The van der Waals surface area contributed by atoms with Crippen molar-refractivity contribution in [3.63, 3.8) is 0 Å². The number of aryl methyl sites for hydroxylation is 1. The summed E-state index contributed by atoms with van der Waals surface area (Å²) >= 11 is 5.08. The van der Waals surface area contributed by atoms with E-state index in [-0.39, 0.29) is 6.04 Å². The molecule has 0 spiro atoms. The third-order valence-electron chi connectivity index (χ3n) is 2.36. The molecule has 0 fully saturated rings. The van der Waals surface area contributed by atoms with Crippen LogP contribution < -0.4 is 5.73 Å². The molecule has 2 heterocycles. The third-order valence-corrected chi connectivity index (χ3v) is 3.79. The lowest BCUT2D eigenvalue weighted by molar-refractivity contribution is 0.660. The summed E-state index contributed by atoms with van der Waals surface area (Å²) in [5.41, 5.74) is 8.34. The first-order valence-electron chi connectivity index (χ1n) is 5.39. The highest BCUT2D eigenvalue weighted by atomic mass is 79.9. The number of rotatable bonds is 4. The van der Waals surface area contributed by atoms with Gasteiger partial charge in [-0.05, 0) is 40.9 Å². The quantitative estimate of drug-likeness (QED) is 0.944. The van der Waals surface area contributed by atoms with E-state index in [4.69, 9.17) is 5.73 Å². The van der Waals surface area contributed by atoms with E-state index >= 15 is 0 Å². The van der Waals surface area contributed by atoms with Gasteiger partial charge in [0.2, 0.25) is 0 Å². The number of nitrogens with zero attached hydrogens (tertiary/aromatic N) is 2. The second-order valence-corrected chi connectivity index (χ2v) is 5.92. The molecule has 0 aliphatic carbocycles. The number of halogens is 1. The number of aromatic nitrogens is 2. The molecule has 1 unspecified atom stereocenters. The zero-order valence-corrected chi connectivity index (χ0v) is 12.0. The Morgan fingerprint density at radius 3 is 2.88 bits per heavy atom. The second-order valence-electron chi connectivity index (χ2n) is 4.06. The summed E-state index contributed by atoms with van der Waals surface area (Å²) in [6, 6.07) is 2.15. The van der Waals surface area contributed by atoms with Crippen molar-refractivity contribution in [3.05, 3.63) is 44.6 Å². The van der Waals surface area contributed by atoms with Crippen LogP contribution >= 0.6 is 27.3 Å². The fourth-order valence-corrected chi connectivity index (χ4v) is 2.94. The summed E-state index contributed by atoms with van der Waals surface area (Å²) in [7, 11) is 0. The van der Waals surface area contributed by atoms with Crippen LogP contribution in [0.25, 0.3) is 0 Å². The first-order valence-corrected chi connectivity index (χ1v) is 7.07. The predicted molar refractivity (Wildman–Crippen MR) is 74.2 cm³/mol. The monoisotopic (exact) mass is 311 g/mol. The largest absolute Gasteiger partial charge is 0.327 e. The van der Waals surface area contributed by atoms with E-state index in [9.17, 15) is 0 Å². The average Bonchev–Trinajstić information content (AvgIpc) is 2.63. The van der Waals surface area contributed by atoms with Gasteiger partial charge in [-0.1, -0.05) is 0 Å². The van der Waals surface area contributed by atoms with E-state index in [2.05, 4.69) is 37.3 Å². The summed E-state index contributed by atoms with van der Waals surface area (Å²) in [5, 5.41) is 3.17. The van der Waals surface area contributed by atoms with Crippen molar-refractivity contribution in [2.75, 3.05) is 0 Å². The Morgan fingerprint density at radius 2 is 2.24 bits per heavy atom. The van der Waals surface area contributed by atoms with E-state index in [1.807, 2.05) is 13.1 Å². The van der Waals surface area contributed by atoms with E-state index < -0.39 is 0 Å². The summed E-state index contributed by atoms with van der Waals surface area (Å²) in [4.78, 5) is 8.56. The zero-order valence-electron chi connectivity index (χ0n) is 9.56. The van der Waals surface area contributed by atoms with Crippen molar-refractivity contribution in [1.29, 1.82) is 0 Å². The number of pyridine rings is 1. The molecule has 0 radical (unpaired) electrons. The van der Waals surface area contributed by atoms with Crippen molar-refractivity contribution in [3.8, 4) is 0 Å². The Kier molecular flexibility index (Phi) is 4.25. The van der Waals surface area contributed by atoms with Crippen LogP contribution in [0.4, 0.5) is 0 Å². The fourth-order valence-electron chi connectivity index (χ4n) is 1.66. The molecule has 0 saturated heterocycles. The molecule has 2 aromatic heterocycles. The third kappa shape index (κ3) is 3.87. The lowest BCUT2D eigenvalue weighted by Gasteiger charge is -2.09. The molecule has 0 aliphatic heterocycles. The molecule has 0 amide bonds. The topological polar surface area (TPSA) is 51.8 Å². The zero-order chi connectivity index (χ0) is 12.3. The van der Waals surface area contributed by atoms with E-state index in [1.165, 1.54) is 0 Å². The second kappa shape index (κ2) is 5.71. The molecule has 3 nitrogen and oxygen atoms in total. The van der Waals surface area contributed by atoms with Gasteiger partial charge in [0, 0.05) is 40.4 Å². The van der Waals surface area contributed by atoms with Crippen LogP contribution in [0, 0.1) is 6.92 Å². The van der Waals surface area contributed by atoms with Crippen molar-refractivity contribution in [2.45, 2.75) is 25.8 Å². The smallest absolute Gasteiger partial charge is 0.0943 e. The van der Waals surface area contributed by atoms with Crippen LogP contribution in [0.5, 0.6) is 0 Å². The van der Waals surface area contributed by atoms with Crippen LogP contribution in [0.15, 0.2) is 28.3 Å². The van der Waals surface area contributed by atoms with Gasteiger partial charge >= 0.3 is 0 Å². The summed E-state index contributed by atoms with van der Waals surface area (Å²) in [6.45, 7) is 2.00. The van der Waals surface area contributed by atoms with E-state index in [0.29, 0.717) is 0 Å². The molecule has 0 aliphatic rings. The molecule has 0 saturated carbocycles. The van der Waals surface area contributed by atoms with Gasteiger partial charge in [0.1, 0.15) is 0 Å². The first kappa shape index (κ1) is 12.7. The van der Waals surface area contributed by atoms with Gasteiger partial charge in [0.05, 0.1) is 5.01 Å². The molecule has 5 heteroatoms. The predicted octanol–water partition coefficient (Wildman–Crippen LogP) is 2.72. The summed E-state index contributed by atoms with van der Waals surface area (Å²) in [5.74, 6) is 0. The SMILES string of the molecule is Cc1csc(CC(N)Cc2cncc(Br)c2)n1.